The number of rotatable bonds is 7. The quantitative estimate of drug-likeness (QED) is 0.831. The van der Waals surface area contributed by atoms with Crippen molar-refractivity contribution in [2.24, 2.45) is 5.92 Å². The van der Waals surface area contributed by atoms with Gasteiger partial charge in [0.1, 0.15) is 12.4 Å². The number of carbonyl (C=O) groups excluding carboxylic acids is 1. The molecule has 1 aliphatic rings. The molecule has 126 valence electrons. The zero-order chi connectivity index (χ0) is 16.8. The van der Waals surface area contributed by atoms with E-state index in [1.165, 1.54) is 4.90 Å². The van der Waals surface area contributed by atoms with Gasteiger partial charge in [-0.05, 0) is 31.0 Å². The Kier molecular flexibility index (Phi) is 5.98. The summed E-state index contributed by atoms with van der Waals surface area (Å²) in [5, 5.41) is 8.93. The van der Waals surface area contributed by atoms with Gasteiger partial charge in [0.2, 0.25) is 0 Å². The molecule has 2 rings (SSSR count). The Morgan fingerprint density at radius 1 is 1.48 bits per heavy atom. The van der Waals surface area contributed by atoms with Gasteiger partial charge in [0.15, 0.2) is 0 Å². The molecule has 1 saturated heterocycles. The first kappa shape index (κ1) is 17.3. The number of hydrogen-bond donors (Lipinski definition) is 1. The lowest BCUT2D eigenvalue weighted by molar-refractivity contribution is -0.141. The van der Waals surface area contributed by atoms with Gasteiger partial charge in [-0.15, -0.1) is 0 Å². The number of carboxylic acids is 1. The fourth-order valence-electron chi connectivity index (χ4n) is 2.48. The Morgan fingerprint density at radius 2 is 2.26 bits per heavy atom. The van der Waals surface area contributed by atoms with Crippen molar-refractivity contribution in [3.8, 4) is 5.75 Å². The summed E-state index contributed by atoms with van der Waals surface area (Å²) < 4.78 is 11.2. The van der Waals surface area contributed by atoms with Crippen molar-refractivity contribution >= 4 is 11.9 Å². The zero-order valence-electron chi connectivity index (χ0n) is 13.5. The van der Waals surface area contributed by atoms with Crippen LogP contribution in [0.15, 0.2) is 24.3 Å². The minimum absolute atomic E-state index is 0.119. The molecule has 1 aromatic rings. The van der Waals surface area contributed by atoms with E-state index in [4.69, 9.17) is 14.6 Å². The predicted octanol–water partition coefficient (Wildman–Crippen LogP) is 2.04. The highest BCUT2D eigenvalue weighted by Gasteiger charge is 2.19. The van der Waals surface area contributed by atoms with E-state index >= 15 is 0 Å². The summed E-state index contributed by atoms with van der Waals surface area (Å²) in [6, 6.07) is 6.93. The van der Waals surface area contributed by atoms with Crippen molar-refractivity contribution in [1.82, 2.24) is 4.90 Å². The van der Waals surface area contributed by atoms with E-state index in [1.54, 1.807) is 38.2 Å². The molecule has 1 amide bonds. The molecule has 0 aliphatic carbocycles. The Balaban J connectivity index is 1.94. The summed E-state index contributed by atoms with van der Waals surface area (Å²) in [5.74, 6) is -1.13. The summed E-state index contributed by atoms with van der Waals surface area (Å²) in [6.07, 6.45) is 2.17. The number of hydrogen-bond acceptors (Lipinski definition) is 4. The lowest BCUT2D eigenvalue weighted by atomic mass is 10.1. The standard InChI is InChI=1S/C17H23NO5/c1-12(17(20)21)10-18(2)16(19)13-5-3-6-14(9-13)23-11-15-7-4-8-22-15/h3,5-6,9,12,15H,4,7-8,10-11H2,1-2H3,(H,20,21)/t12-,15+/m1/s1. The number of benzene rings is 1. The second-order valence-corrected chi connectivity index (χ2v) is 5.90. The van der Waals surface area contributed by atoms with Gasteiger partial charge in [0.05, 0.1) is 12.0 Å². The van der Waals surface area contributed by atoms with Gasteiger partial charge >= 0.3 is 5.97 Å². The van der Waals surface area contributed by atoms with Gasteiger partial charge in [0.25, 0.3) is 5.91 Å². The van der Waals surface area contributed by atoms with Gasteiger partial charge in [-0.2, -0.15) is 0 Å². The normalized spacial score (nSPS) is 18.4. The lowest BCUT2D eigenvalue weighted by Crippen LogP contribution is -2.33. The van der Waals surface area contributed by atoms with Crippen LogP contribution in [0.2, 0.25) is 0 Å². The van der Waals surface area contributed by atoms with E-state index in [0.717, 1.165) is 19.4 Å². The van der Waals surface area contributed by atoms with Crippen LogP contribution in [-0.2, 0) is 9.53 Å². The van der Waals surface area contributed by atoms with Crippen molar-refractivity contribution in [1.29, 1.82) is 0 Å². The van der Waals surface area contributed by atoms with Gasteiger partial charge in [0, 0.05) is 25.8 Å². The Bertz CT molecular complexity index is 554. The van der Waals surface area contributed by atoms with E-state index in [1.807, 2.05) is 0 Å². The van der Waals surface area contributed by atoms with Gasteiger partial charge in [-0.1, -0.05) is 13.0 Å². The van der Waals surface area contributed by atoms with Crippen LogP contribution >= 0.6 is 0 Å². The maximum Gasteiger partial charge on any atom is 0.308 e. The molecule has 6 nitrogen and oxygen atoms in total. The molecule has 6 heteroatoms. The van der Waals surface area contributed by atoms with Crippen molar-refractivity contribution in [2.75, 3.05) is 26.8 Å². The van der Waals surface area contributed by atoms with Crippen molar-refractivity contribution in [3.63, 3.8) is 0 Å². The predicted molar refractivity (Wildman–Crippen MR) is 84.7 cm³/mol. The molecule has 0 aromatic heterocycles. The van der Waals surface area contributed by atoms with Crippen LogP contribution in [0.1, 0.15) is 30.1 Å². The minimum Gasteiger partial charge on any atom is -0.491 e. The number of nitrogens with zero attached hydrogens (tertiary/aromatic N) is 1. The lowest BCUT2D eigenvalue weighted by Gasteiger charge is -2.20. The first-order valence-corrected chi connectivity index (χ1v) is 7.80. The molecule has 1 aliphatic heterocycles. The highest BCUT2D eigenvalue weighted by atomic mass is 16.5. The third kappa shape index (κ3) is 4.96. The molecule has 2 atom stereocenters. The summed E-state index contributed by atoms with van der Waals surface area (Å²) >= 11 is 0. The van der Waals surface area contributed by atoms with E-state index < -0.39 is 11.9 Å². The van der Waals surface area contributed by atoms with Gasteiger partial charge in [-0.3, -0.25) is 9.59 Å². The zero-order valence-corrected chi connectivity index (χ0v) is 13.5. The van der Waals surface area contributed by atoms with Gasteiger partial charge < -0.3 is 19.5 Å². The van der Waals surface area contributed by atoms with E-state index in [9.17, 15) is 9.59 Å². The van der Waals surface area contributed by atoms with Crippen LogP contribution in [0.25, 0.3) is 0 Å². The molecule has 1 heterocycles. The molecule has 0 spiro atoms. The average Bonchev–Trinajstić information content (AvgIpc) is 3.05. The SMILES string of the molecule is C[C@H](CN(C)C(=O)c1cccc(OC[C@@H]2CCCO2)c1)C(=O)O. The Labute approximate surface area is 136 Å². The third-order valence-electron chi connectivity index (χ3n) is 3.86. The number of ether oxygens (including phenoxy) is 2. The number of carboxylic acid groups (broad SMARTS) is 1. The molecule has 23 heavy (non-hydrogen) atoms. The molecule has 1 N–H and O–H groups in total. The van der Waals surface area contributed by atoms with E-state index in [0.29, 0.717) is 17.9 Å². The first-order chi connectivity index (χ1) is 11.0. The van der Waals surface area contributed by atoms with E-state index in [-0.39, 0.29) is 18.6 Å². The topological polar surface area (TPSA) is 76.1 Å². The molecule has 0 saturated carbocycles. The molecular weight excluding hydrogens is 298 g/mol. The summed E-state index contributed by atoms with van der Waals surface area (Å²) in [4.78, 5) is 24.7. The van der Waals surface area contributed by atoms with Crippen molar-refractivity contribution in [2.45, 2.75) is 25.9 Å². The fourth-order valence-corrected chi connectivity index (χ4v) is 2.48. The molecular formula is C17H23NO5. The highest BCUT2D eigenvalue weighted by molar-refractivity contribution is 5.94. The highest BCUT2D eigenvalue weighted by Crippen LogP contribution is 2.18. The third-order valence-corrected chi connectivity index (χ3v) is 3.86. The van der Waals surface area contributed by atoms with Crippen molar-refractivity contribution in [3.05, 3.63) is 29.8 Å². The summed E-state index contributed by atoms with van der Waals surface area (Å²) in [5.41, 5.74) is 0.481. The van der Waals surface area contributed by atoms with Crippen LogP contribution in [-0.4, -0.2) is 54.8 Å². The van der Waals surface area contributed by atoms with E-state index in [2.05, 4.69) is 0 Å². The number of aliphatic carboxylic acids is 1. The molecule has 1 aromatic carbocycles. The summed E-state index contributed by atoms with van der Waals surface area (Å²) in [7, 11) is 1.60. The Hall–Kier alpha value is -2.08. The fraction of sp³-hybridized carbons (Fsp3) is 0.529. The second kappa shape index (κ2) is 7.97. The van der Waals surface area contributed by atoms with Crippen LogP contribution in [0.3, 0.4) is 0 Å². The molecule has 0 bridgehead atoms. The average molecular weight is 321 g/mol. The van der Waals surface area contributed by atoms with Crippen LogP contribution in [0.4, 0.5) is 0 Å². The largest absolute Gasteiger partial charge is 0.491 e. The second-order valence-electron chi connectivity index (χ2n) is 5.90. The monoisotopic (exact) mass is 321 g/mol. The maximum atomic E-state index is 12.4. The minimum atomic E-state index is -0.918. The van der Waals surface area contributed by atoms with Crippen molar-refractivity contribution < 1.29 is 24.2 Å². The molecule has 1 fully saturated rings. The molecule has 0 radical (unpaired) electrons. The summed E-state index contributed by atoms with van der Waals surface area (Å²) in [6.45, 7) is 2.99. The first-order valence-electron chi connectivity index (χ1n) is 7.80. The van der Waals surface area contributed by atoms with Crippen LogP contribution in [0, 0.1) is 5.92 Å². The number of amides is 1. The molecule has 0 unspecified atom stereocenters. The van der Waals surface area contributed by atoms with Gasteiger partial charge in [-0.25, -0.2) is 0 Å². The smallest absolute Gasteiger partial charge is 0.308 e. The Morgan fingerprint density at radius 3 is 2.91 bits per heavy atom. The maximum absolute atomic E-state index is 12.4. The van der Waals surface area contributed by atoms with Crippen LogP contribution in [0.5, 0.6) is 5.75 Å². The van der Waals surface area contributed by atoms with Crippen LogP contribution < -0.4 is 4.74 Å². The number of carbonyl (C=O) groups is 2.